The van der Waals surface area contributed by atoms with Gasteiger partial charge >= 0.3 is 19.8 Å². The summed E-state index contributed by atoms with van der Waals surface area (Å²) in [6, 6.07) is 0. The summed E-state index contributed by atoms with van der Waals surface area (Å²) in [5.41, 5.74) is 0. The minimum absolute atomic E-state index is 0.0355. The van der Waals surface area contributed by atoms with Crippen molar-refractivity contribution in [1.29, 1.82) is 0 Å². The zero-order valence-corrected chi connectivity index (χ0v) is 27.9. The highest BCUT2D eigenvalue weighted by molar-refractivity contribution is 7.47. The van der Waals surface area contributed by atoms with Crippen molar-refractivity contribution in [3.63, 3.8) is 0 Å². The number of carbonyl (C=O) groups excluding carboxylic acids is 2. The van der Waals surface area contributed by atoms with Crippen molar-refractivity contribution in [1.82, 2.24) is 0 Å². The molecule has 0 aliphatic heterocycles. The molecule has 0 aromatic rings. The molecule has 0 heterocycles. The average Bonchev–Trinajstić information content (AvgIpc) is 2.90. The summed E-state index contributed by atoms with van der Waals surface area (Å²) in [4.78, 5) is 34.7. The van der Waals surface area contributed by atoms with E-state index in [-0.39, 0.29) is 25.6 Å². The maximum atomic E-state index is 12.5. The third-order valence-electron chi connectivity index (χ3n) is 6.89. The van der Waals surface area contributed by atoms with Gasteiger partial charge in [0.1, 0.15) is 19.8 Å². The molecule has 0 saturated heterocycles. The van der Waals surface area contributed by atoms with Crippen molar-refractivity contribution in [3.05, 3.63) is 0 Å². The highest BCUT2D eigenvalue weighted by atomic mass is 31.2. The fourth-order valence-electron chi connectivity index (χ4n) is 4.25. The van der Waals surface area contributed by atoms with Gasteiger partial charge < -0.3 is 18.9 Å². The fourth-order valence-corrected chi connectivity index (χ4v) is 4.99. The molecule has 2 atom stereocenters. The van der Waals surface area contributed by atoms with E-state index in [1.807, 2.05) is 21.1 Å². The Bertz CT molecular complexity index is 698. The van der Waals surface area contributed by atoms with Gasteiger partial charge in [0, 0.05) is 12.8 Å². The second-order valence-electron chi connectivity index (χ2n) is 12.2. The number of unbranched alkanes of at least 4 members (excludes halogenated alkanes) is 15. The first kappa shape index (κ1) is 40.0. The lowest BCUT2D eigenvalue weighted by Gasteiger charge is -2.24. The van der Waals surface area contributed by atoms with Gasteiger partial charge in [-0.1, -0.05) is 110 Å². The smallest absolute Gasteiger partial charge is 0.462 e. The second-order valence-corrected chi connectivity index (χ2v) is 13.7. The summed E-state index contributed by atoms with van der Waals surface area (Å²) in [6.45, 7) is 4.32. The zero-order chi connectivity index (χ0) is 30.8. The molecule has 0 bridgehead atoms. The van der Waals surface area contributed by atoms with E-state index >= 15 is 0 Å². The van der Waals surface area contributed by atoms with Crippen molar-refractivity contribution < 1.29 is 42.1 Å². The third kappa shape index (κ3) is 28.9. The Hall–Kier alpha value is -0.990. The van der Waals surface area contributed by atoms with Gasteiger partial charge in [-0.15, -0.1) is 0 Å². The lowest BCUT2D eigenvalue weighted by molar-refractivity contribution is -0.870. The number of nitrogens with zero attached hydrogens (tertiary/aromatic N) is 1. The Morgan fingerprint density at radius 2 is 1.10 bits per heavy atom. The first-order chi connectivity index (χ1) is 19.5. The molecule has 1 N–H and O–H groups in total. The van der Waals surface area contributed by atoms with Crippen LogP contribution in [0.2, 0.25) is 0 Å². The number of rotatable bonds is 29. The predicted octanol–water partition coefficient (Wildman–Crippen LogP) is 7.73. The summed E-state index contributed by atoms with van der Waals surface area (Å²) >= 11 is 0. The monoisotopic (exact) mass is 608 g/mol. The average molecular weight is 609 g/mol. The number of hydrogen-bond donors (Lipinski definition) is 1. The molecular formula is C31H63NO8P+. The van der Waals surface area contributed by atoms with E-state index in [4.69, 9.17) is 18.5 Å². The number of likely N-dealkylation sites (N-methyl/N-ethyl adjacent to an activating group) is 1. The topological polar surface area (TPSA) is 108 Å². The summed E-state index contributed by atoms with van der Waals surface area (Å²) in [6.07, 6.45) is 18.9. The summed E-state index contributed by atoms with van der Waals surface area (Å²) in [5.74, 6) is -0.807. The molecule has 244 valence electrons. The number of phosphoric acid groups is 1. The number of phosphoric ester groups is 1. The first-order valence-electron chi connectivity index (χ1n) is 16.3. The van der Waals surface area contributed by atoms with Gasteiger partial charge in [-0.3, -0.25) is 18.6 Å². The van der Waals surface area contributed by atoms with Crippen molar-refractivity contribution >= 4 is 19.8 Å². The van der Waals surface area contributed by atoms with E-state index in [9.17, 15) is 19.0 Å². The molecule has 0 aliphatic rings. The van der Waals surface area contributed by atoms with Crippen LogP contribution >= 0.6 is 7.82 Å². The van der Waals surface area contributed by atoms with Crippen LogP contribution in [0.15, 0.2) is 0 Å². The molecule has 0 fully saturated rings. The lowest BCUT2D eigenvalue weighted by atomic mass is 10.1. The highest BCUT2D eigenvalue weighted by Crippen LogP contribution is 2.43. The number of quaternary nitrogens is 1. The summed E-state index contributed by atoms with van der Waals surface area (Å²) in [7, 11) is 1.48. The fraction of sp³-hybridized carbons (Fsp3) is 0.935. The van der Waals surface area contributed by atoms with Crippen molar-refractivity contribution in [3.8, 4) is 0 Å². The first-order valence-corrected chi connectivity index (χ1v) is 17.8. The van der Waals surface area contributed by atoms with Crippen LogP contribution < -0.4 is 0 Å². The van der Waals surface area contributed by atoms with Crippen LogP contribution in [0.3, 0.4) is 0 Å². The molecule has 9 nitrogen and oxygen atoms in total. The molecule has 41 heavy (non-hydrogen) atoms. The van der Waals surface area contributed by atoms with Crippen LogP contribution in [0.1, 0.15) is 136 Å². The van der Waals surface area contributed by atoms with Crippen LogP contribution in [0.4, 0.5) is 0 Å². The quantitative estimate of drug-likeness (QED) is 0.0398. The molecule has 0 radical (unpaired) electrons. The molecule has 10 heteroatoms. The van der Waals surface area contributed by atoms with E-state index < -0.39 is 26.5 Å². The normalized spacial score (nSPS) is 14.0. The van der Waals surface area contributed by atoms with Crippen molar-refractivity contribution in [2.24, 2.45) is 0 Å². The molecular weight excluding hydrogens is 545 g/mol. The highest BCUT2D eigenvalue weighted by Gasteiger charge is 2.27. The van der Waals surface area contributed by atoms with Gasteiger partial charge in [0.15, 0.2) is 6.10 Å². The minimum Gasteiger partial charge on any atom is -0.462 e. The van der Waals surface area contributed by atoms with Crippen LogP contribution in [0, 0.1) is 0 Å². The molecule has 0 spiro atoms. The molecule has 0 aliphatic carbocycles. The third-order valence-corrected chi connectivity index (χ3v) is 7.87. The second kappa shape index (κ2) is 25.5. The predicted molar refractivity (Wildman–Crippen MR) is 165 cm³/mol. The van der Waals surface area contributed by atoms with Crippen molar-refractivity contribution in [2.45, 2.75) is 142 Å². The molecule has 0 rings (SSSR count). The molecule has 0 amide bonds. The van der Waals surface area contributed by atoms with E-state index in [1.165, 1.54) is 64.2 Å². The van der Waals surface area contributed by atoms with Crippen LogP contribution in [-0.2, 0) is 32.7 Å². The number of esters is 2. The van der Waals surface area contributed by atoms with E-state index in [0.29, 0.717) is 23.9 Å². The standard InChI is InChI=1S/C31H62NO8P/c1-6-8-10-12-14-15-16-17-18-20-22-24-31(34)40-29(27-37-30(33)23-21-19-13-11-9-7-2)28-39-41(35,36)38-26-25-32(3,4)5/h29H,6-28H2,1-5H3/p+1/t29-/m0/s1. The molecule has 0 saturated carbocycles. The van der Waals surface area contributed by atoms with Gasteiger partial charge in [0.25, 0.3) is 0 Å². The molecule has 0 aromatic carbocycles. The van der Waals surface area contributed by atoms with E-state index in [2.05, 4.69) is 13.8 Å². The van der Waals surface area contributed by atoms with Crippen LogP contribution in [0.25, 0.3) is 0 Å². The number of carbonyl (C=O) groups is 2. The molecule has 1 unspecified atom stereocenters. The zero-order valence-electron chi connectivity index (χ0n) is 27.0. The van der Waals surface area contributed by atoms with Crippen LogP contribution in [-0.4, -0.2) is 74.9 Å². The Kier molecular flexibility index (Phi) is 24.9. The summed E-state index contributed by atoms with van der Waals surface area (Å²) in [5, 5.41) is 0. The number of hydrogen-bond acceptors (Lipinski definition) is 7. The van der Waals surface area contributed by atoms with Gasteiger partial charge in [0.2, 0.25) is 0 Å². The van der Waals surface area contributed by atoms with Gasteiger partial charge in [-0.25, -0.2) is 4.57 Å². The van der Waals surface area contributed by atoms with Gasteiger partial charge in [-0.05, 0) is 12.8 Å². The maximum Gasteiger partial charge on any atom is 0.472 e. The lowest BCUT2D eigenvalue weighted by Crippen LogP contribution is -2.37. The van der Waals surface area contributed by atoms with Gasteiger partial charge in [-0.2, -0.15) is 0 Å². The minimum atomic E-state index is -4.34. The Morgan fingerprint density at radius 3 is 1.56 bits per heavy atom. The number of ether oxygens (including phenoxy) is 2. The Labute approximate surface area is 251 Å². The Balaban J connectivity index is 4.49. The van der Waals surface area contributed by atoms with E-state index in [1.54, 1.807) is 0 Å². The van der Waals surface area contributed by atoms with E-state index in [0.717, 1.165) is 38.5 Å². The summed E-state index contributed by atoms with van der Waals surface area (Å²) < 4.78 is 33.8. The Morgan fingerprint density at radius 1 is 0.659 bits per heavy atom. The van der Waals surface area contributed by atoms with Crippen molar-refractivity contribution in [2.75, 3.05) is 47.5 Å². The van der Waals surface area contributed by atoms with Gasteiger partial charge in [0.05, 0.1) is 27.7 Å². The van der Waals surface area contributed by atoms with Crippen LogP contribution in [0.5, 0.6) is 0 Å². The molecule has 0 aromatic heterocycles. The largest absolute Gasteiger partial charge is 0.472 e. The SMILES string of the molecule is CCCCCCCCCCCCCC(=O)O[C@@H](COC(=O)CCCCCCCC)COP(=O)(O)OCC[N+](C)(C)C. The maximum absolute atomic E-state index is 12.5.